The summed E-state index contributed by atoms with van der Waals surface area (Å²) in [6.07, 6.45) is 11.1. The lowest BCUT2D eigenvalue weighted by Crippen LogP contribution is -2.65. The standard InChI is InChI=1S/C18H30N2O/c1-16-7-13-8-17(2,10-16)12-18(9-13,11-16)20-15(21)5-6-19-14-3-4-14/h13-14,19H,3-12H2,1-2H3,(H,20,21). The third kappa shape index (κ3) is 2.74. The van der Waals surface area contributed by atoms with Crippen molar-refractivity contribution in [2.45, 2.75) is 83.2 Å². The van der Waals surface area contributed by atoms with Crippen molar-refractivity contribution in [3.63, 3.8) is 0 Å². The molecule has 3 nitrogen and oxygen atoms in total. The van der Waals surface area contributed by atoms with E-state index in [0.29, 0.717) is 23.3 Å². The molecule has 0 aromatic heterocycles. The van der Waals surface area contributed by atoms with E-state index in [1.54, 1.807) is 0 Å². The van der Waals surface area contributed by atoms with Crippen molar-refractivity contribution >= 4 is 5.91 Å². The molecule has 2 N–H and O–H groups in total. The van der Waals surface area contributed by atoms with E-state index in [2.05, 4.69) is 24.5 Å². The van der Waals surface area contributed by atoms with Gasteiger partial charge in [0.1, 0.15) is 0 Å². The van der Waals surface area contributed by atoms with Gasteiger partial charge in [0.05, 0.1) is 0 Å². The zero-order chi connectivity index (χ0) is 14.7. The molecule has 118 valence electrons. The Morgan fingerprint density at radius 1 is 1.05 bits per heavy atom. The summed E-state index contributed by atoms with van der Waals surface area (Å²) in [4.78, 5) is 12.4. The first-order valence-corrected chi connectivity index (χ1v) is 8.92. The van der Waals surface area contributed by atoms with Crippen LogP contribution in [-0.4, -0.2) is 24.0 Å². The molecule has 0 aromatic rings. The average molecular weight is 290 g/mol. The number of carbonyl (C=O) groups excluding carboxylic acids is 1. The summed E-state index contributed by atoms with van der Waals surface area (Å²) in [5.74, 6) is 1.12. The third-order valence-corrected chi connectivity index (χ3v) is 6.39. The number of carbonyl (C=O) groups is 1. The summed E-state index contributed by atoms with van der Waals surface area (Å²) in [5.41, 5.74) is 1.08. The van der Waals surface area contributed by atoms with Gasteiger partial charge in [-0.3, -0.25) is 4.79 Å². The molecule has 0 aromatic carbocycles. The van der Waals surface area contributed by atoms with Crippen molar-refractivity contribution in [1.29, 1.82) is 0 Å². The van der Waals surface area contributed by atoms with Crippen molar-refractivity contribution in [1.82, 2.24) is 10.6 Å². The molecule has 0 radical (unpaired) electrons. The zero-order valence-electron chi connectivity index (χ0n) is 13.6. The van der Waals surface area contributed by atoms with Gasteiger partial charge in [0.2, 0.25) is 5.91 Å². The Morgan fingerprint density at radius 2 is 1.71 bits per heavy atom. The minimum atomic E-state index is 0.125. The molecule has 5 aliphatic carbocycles. The lowest BCUT2D eigenvalue weighted by molar-refractivity contribution is -0.139. The van der Waals surface area contributed by atoms with Crippen LogP contribution >= 0.6 is 0 Å². The zero-order valence-corrected chi connectivity index (χ0v) is 13.6. The van der Waals surface area contributed by atoms with E-state index in [4.69, 9.17) is 0 Å². The lowest BCUT2D eigenvalue weighted by atomic mass is 9.43. The van der Waals surface area contributed by atoms with Crippen LogP contribution in [0.5, 0.6) is 0 Å². The molecule has 5 fully saturated rings. The van der Waals surface area contributed by atoms with Crippen LogP contribution in [0, 0.1) is 16.7 Å². The van der Waals surface area contributed by atoms with E-state index in [9.17, 15) is 4.79 Å². The molecule has 5 rings (SSSR count). The van der Waals surface area contributed by atoms with E-state index < -0.39 is 0 Å². The van der Waals surface area contributed by atoms with Gasteiger partial charge in [-0.15, -0.1) is 0 Å². The maximum absolute atomic E-state index is 12.4. The predicted molar refractivity (Wildman–Crippen MR) is 83.9 cm³/mol. The van der Waals surface area contributed by atoms with Gasteiger partial charge < -0.3 is 10.6 Å². The van der Waals surface area contributed by atoms with Crippen LogP contribution in [0.15, 0.2) is 0 Å². The molecule has 0 heterocycles. The van der Waals surface area contributed by atoms with Gasteiger partial charge in [0, 0.05) is 24.5 Å². The molecule has 3 heteroatoms. The van der Waals surface area contributed by atoms with Gasteiger partial charge in [-0.1, -0.05) is 13.8 Å². The first kappa shape index (κ1) is 14.0. The summed E-state index contributed by atoms with van der Waals surface area (Å²) in [5, 5.41) is 6.94. The fourth-order valence-corrected chi connectivity index (χ4v) is 6.62. The highest BCUT2D eigenvalue weighted by Gasteiger charge is 2.60. The van der Waals surface area contributed by atoms with Crippen LogP contribution in [0.2, 0.25) is 0 Å². The van der Waals surface area contributed by atoms with E-state index in [1.165, 1.54) is 51.4 Å². The monoisotopic (exact) mass is 290 g/mol. The van der Waals surface area contributed by atoms with Crippen LogP contribution in [0.25, 0.3) is 0 Å². The molecule has 5 saturated carbocycles. The molecule has 21 heavy (non-hydrogen) atoms. The summed E-state index contributed by atoms with van der Waals surface area (Å²) >= 11 is 0. The number of nitrogens with one attached hydrogen (secondary N) is 2. The van der Waals surface area contributed by atoms with Gasteiger partial charge in [0.15, 0.2) is 0 Å². The Balaban J connectivity index is 1.40. The highest BCUT2D eigenvalue weighted by Crippen LogP contribution is 2.66. The largest absolute Gasteiger partial charge is 0.351 e. The van der Waals surface area contributed by atoms with Crippen molar-refractivity contribution in [2.24, 2.45) is 16.7 Å². The Labute approximate surface area is 128 Å². The second-order valence-corrected chi connectivity index (χ2v) is 9.44. The van der Waals surface area contributed by atoms with Crippen molar-refractivity contribution in [2.75, 3.05) is 6.54 Å². The molecule has 4 bridgehead atoms. The molecule has 2 unspecified atom stereocenters. The normalized spacial score (nSPS) is 47.6. The van der Waals surface area contributed by atoms with Crippen LogP contribution in [-0.2, 0) is 4.79 Å². The molecule has 1 amide bonds. The van der Waals surface area contributed by atoms with Crippen molar-refractivity contribution in [3.05, 3.63) is 0 Å². The summed E-state index contributed by atoms with van der Waals surface area (Å²) in [6, 6.07) is 0.704. The quantitative estimate of drug-likeness (QED) is 0.817. The van der Waals surface area contributed by atoms with Gasteiger partial charge in [0.25, 0.3) is 0 Å². The maximum atomic E-state index is 12.4. The van der Waals surface area contributed by atoms with Crippen molar-refractivity contribution < 1.29 is 4.79 Å². The lowest BCUT2D eigenvalue weighted by Gasteiger charge is -2.65. The number of amides is 1. The fraction of sp³-hybridized carbons (Fsp3) is 0.944. The third-order valence-electron chi connectivity index (χ3n) is 6.39. The topological polar surface area (TPSA) is 41.1 Å². The molecule has 0 aliphatic heterocycles. The van der Waals surface area contributed by atoms with Crippen LogP contribution in [0.4, 0.5) is 0 Å². The smallest absolute Gasteiger partial charge is 0.221 e. The van der Waals surface area contributed by atoms with E-state index in [1.807, 2.05) is 0 Å². The molecule has 0 spiro atoms. The first-order valence-electron chi connectivity index (χ1n) is 8.92. The summed E-state index contributed by atoms with van der Waals surface area (Å²) in [7, 11) is 0. The number of rotatable bonds is 5. The van der Waals surface area contributed by atoms with E-state index >= 15 is 0 Å². The maximum Gasteiger partial charge on any atom is 0.221 e. The van der Waals surface area contributed by atoms with Gasteiger partial charge in [-0.2, -0.15) is 0 Å². The molecular weight excluding hydrogens is 260 g/mol. The highest BCUT2D eigenvalue weighted by atomic mass is 16.1. The SMILES string of the molecule is CC12CC3CC(C)(C1)CC(NC(=O)CCNC1CC1)(C3)C2. The van der Waals surface area contributed by atoms with Crippen LogP contribution < -0.4 is 10.6 Å². The second-order valence-electron chi connectivity index (χ2n) is 9.44. The second kappa shape index (κ2) is 4.47. The summed E-state index contributed by atoms with van der Waals surface area (Å²) in [6.45, 7) is 5.78. The highest BCUT2D eigenvalue weighted by molar-refractivity contribution is 5.77. The Kier molecular flexibility index (Phi) is 2.99. The van der Waals surface area contributed by atoms with Crippen LogP contribution in [0.1, 0.15) is 71.6 Å². The minimum absolute atomic E-state index is 0.125. The van der Waals surface area contributed by atoms with Crippen molar-refractivity contribution in [3.8, 4) is 0 Å². The van der Waals surface area contributed by atoms with Crippen LogP contribution in [0.3, 0.4) is 0 Å². The fourth-order valence-electron chi connectivity index (χ4n) is 6.62. The minimum Gasteiger partial charge on any atom is -0.351 e. The molecule has 2 atom stereocenters. The number of hydrogen-bond acceptors (Lipinski definition) is 2. The molecule has 5 aliphatic rings. The van der Waals surface area contributed by atoms with E-state index in [0.717, 1.165) is 12.5 Å². The van der Waals surface area contributed by atoms with Gasteiger partial charge >= 0.3 is 0 Å². The molecular formula is C18H30N2O. The van der Waals surface area contributed by atoms with Gasteiger partial charge in [-0.25, -0.2) is 0 Å². The first-order chi connectivity index (χ1) is 9.88. The van der Waals surface area contributed by atoms with E-state index in [-0.39, 0.29) is 11.4 Å². The Bertz CT molecular complexity index is 438. The Hall–Kier alpha value is -0.570. The predicted octanol–water partition coefficient (Wildman–Crippen LogP) is 2.99. The van der Waals surface area contributed by atoms with Gasteiger partial charge in [-0.05, 0) is 68.1 Å². The summed E-state index contributed by atoms with van der Waals surface area (Å²) < 4.78 is 0. The Morgan fingerprint density at radius 3 is 2.29 bits per heavy atom. The molecule has 0 saturated heterocycles. The number of hydrogen-bond donors (Lipinski definition) is 2. The average Bonchev–Trinajstić information content (AvgIpc) is 3.06.